The number of carbonyl (C=O) groups is 2. The first-order valence-corrected chi connectivity index (χ1v) is 25.0. The summed E-state index contributed by atoms with van der Waals surface area (Å²) in [5, 5.41) is 0. The number of rotatable bonds is 42. The quantitative estimate of drug-likeness (QED) is 0.0458. The maximum Gasteiger partial charge on any atom is 0.329 e. The Morgan fingerprint density at radius 2 is 0.655 bits per heavy atom. The van der Waals surface area contributed by atoms with Crippen LogP contribution < -0.4 is 0 Å². The molecule has 326 valence electrons. The van der Waals surface area contributed by atoms with Gasteiger partial charge in [-0.3, -0.25) is 19.5 Å². The molecule has 6 nitrogen and oxygen atoms in total. The number of hydrogen-bond donors (Lipinski definition) is 0. The Hall–Kier alpha value is -1.14. The van der Waals surface area contributed by atoms with Crippen molar-refractivity contribution in [1.29, 1.82) is 0 Å². The zero-order valence-electron chi connectivity index (χ0n) is 38.4. The van der Waals surface area contributed by atoms with Gasteiger partial charge in [0, 0.05) is 0 Å². The van der Waals surface area contributed by atoms with Gasteiger partial charge in [-0.1, -0.05) is 221 Å². The SMILES string of the molecule is CCCCCCCCCCCC1(C)C(=O)N(CN(CCCCCCCC)CCCCCCCC)C(=O)N1CN(CCCCCCCC)CCCCCCCC. The van der Waals surface area contributed by atoms with E-state index in [-0.39, 0.29) is 11.9 Å². The van der Waals surface area contributed by atoms with Crippen LogP contribution in [0.5, 0.6) is 0 Å². The second-order valence-electron chi connectivity index (χ2n) is 17.9. The van der Waals surface area contributed by atoms with E-state index in [4.69, 9.17) is 0 Å². The minimum Gasteiger partial charge on any atom is -0.297 e. The van der Waals surface area contributed by atoms with E-state index in [0.29, 0.717) is 13.3 Å². The fourth-order valence-corrected chi connectivity index (χ4v) is 8.58. The Balaban J connectivity index is 3.13. The molecule has 1 rings (SSSR count). The molecule has 0 aromatic rings. The van der Waals surface area contributed by atoms with Gasteiger partial charge in [-0.15, -0.1) is 0 Å². The van der Waals surface area contributed by atoms with Gasteiger partial charge in [0.1, 0.15) is 5.54 Å². The molecule has 0 aliphatic carbocycles. The van der Waals surface area contributed by atoms with E-state index in [1.165, 1.54) is 186 Å². The van der Waals surface area contributed by atoms with E-state index < -0.39 is 5.54 Å². The lowest BCUT2D eigenvalue weighted by Crippen LogP contribution is -2.52. The first kappa shape index (κ1) is 51.9. The number of urea groups is 1. The molecule has 0 spiro atoms. The van der Waals surface area contributed by atoms with Crippen LogP contribution >= 0.6 is 0 Å². The van der Waals surface area contributed by atoms with Crippen molar-refractivity contribution in [1.82, 2.24) is 19.6 Å². The molecule has 0 bridgehead atoms. The minimum absolute atomic E-state index is 0.0322. The first-order chi connectivity index (χ1) is 26.9. The summed E-state index contributed by atoms with van der Waals surface area (Å²) in [7, 11) is 0. The molecule has 55 heavy (non-hydrogen) atoms. The van der Waals surface area contributed by atoms with Crippen molar-refractivity contribution in [3.8, 4) is 0 Å². The molecule has 1 aliphatic rings. The highest BCUT2D eigenvalue weighted by Crippen LogP contribution is 2.34. The van der Waals surface area contributed by atoms with Crippen molar-refractivity contribution >= 4 is 11.9 Å². The molecule has 1 aliphatic heterocycles. The second-order valence-corrected chi connectivity index (χ2v) is 17.9. The summed E-state index contributed by atoms with van der Waals surface area (Å²) < 4.78 is 0. The summed E-state index contributed by atoms with van der Waals surface area (Å²) >= 11 is 0. The molecule has 1 heterocycles. The van der Waals surface area contributed by atoms with Crippen molar-refractivity contribution < 1.29 is 9.59 Å². The zero-order chi connectivity index (χ0) is 40.2. The average molecular weight is 775 g/mol. The Morgan fingerprint density at radius 3 is 0.982 bits per heavy atom. The summed E-state index contributed by atoms with van der Waals surface area (Å²) in [4.78, 5) is 38.0. The monoisotopic (exact) mass is 775 g/mol. The third kappa shape index (κ3) is 24.4. The van der Waals surface area contributed by atoms with Crippen LogP contribution in [0.2, 0.25) is 0 Å². The van der Waals surface area contributed by atoms with Gasteiger partial charge in [0.05, 0.1) is 13.3 Å². The highest BCUT2D eigenvalue weighted by Gasteiger charge is 2.54. The third-order valence-corrected chi connectivity index (χ3v) is 12.5. The molecular formula is C49H98N4O2. The molecule has 1 atom stereocenters. The Bertz CT molecular complexity index is 851. The summed E-state index contributed by atoms with van der Waals surface area (Å²) in [5.74, 6) is 0.0621. The third-order valence-electron chi connectivity index (χ3n) is 12.5. The van der Waals surface area contributed by atoms with Gasteiger partial charge < -0.3 is 0 Å². The topological polar surface area (TPSA) is 47.1 Å². The van der Waals surface area contributed by atoms with Gasteiger partial charge in [-0.2, -0.15) is 0 Å². The summed E-state index contributed by atoms with van der Waals surface area (Å²) in [6.45, 7) is 18.6. The second kappa shape index (κ2) is 36.0. The highest BCUT2D eigenvalue weighted by atomic mass is 16.2. The number of hydrogen-bond acceptors (Lipinski definition) is 4. The Labute approximate surface area is 345 Å². The normalized spacial score (nSPS) is 16.2. The predicted octanol–water partition coefficient (Wildman–Crippen LogP) is 14.9. The largest absolute Gasteiger partial charge is 0.329 e. The van der Waals surface area contributed by atoms with Crippen LogP contribution in [-0.2, 0) is 4.79 Å². The van der Waals surface area contributed by atoms with Crippen LogP contribution in [0, 0.1) is 0 Å². The van der Waals surface area contributed by atoms with Crippen LogP contribution in [0.4, 0.5) is 4.79 Å². The van der Waals surface area contributed by atoms with Gasteiger partial charge in [0.25, 0.3) is 5.91 Å². The fourth-order valence-electron chi connectivity index (χ4n) is 8.58. The molecule has 0 aromatic heterocycles. The lowest BCUT2D eigenvalue weighted by Gasteiger charge is -2.36. The smallest absolute Gasteiger partial charge is 0.297 e. The maximum absolute atomic E-state index is 14.7. The molecule has 0 saturated carbocycles. The van der Waals surface area contributed by atoms with Crippen LogP contribution in [0.15, 0.2) is 0 Å². The van der Waals surface area contributed by atoms with Crippen molar-refractivity contribution in [3.05, 3.63) is 0 Å². The Morgan fingerprint density at radius 1 is 0.382 bits per heavy atom. The van der Waals surface area contributed by atoms with E-state index in [2.05, 4.69) is 51.3 Å². The van der Waals surface area contributed by atoms with Gasteiger partial charge in [-0.25, -0.2) is 9.69 Å². The van der Waals surface area contributed by atoms with E-state index in [1.807, 2.05) is 4.90 Å². The predicted molar refractivity (Wildman–Crippen MR) is 241 cm³/mol. The van der Waals surface area contributed by atoms with Crippen LogP contribution in [0.3, 0.4) is 0 Å². The van der Waals surface area contributed by atoms with Crippen molar-refractivity contribution in [3.63, 3.8) is 0 Å². The van der Waals surface area contributed by atoms with Gasteiger partial charge >= 0.3 is 6.03 Å². The van der Waals surface area contributed by atoms with E-state index >= 15 is 0 Å². The summed E-state index contributed by atoms with van der Waals surface area (Å²) in [6, 6.07) is -0.0322. The molecule has 1 fully saturated rings. The summed E-state index contributed by atoms with van der Waals surface area (Å²) in [5.41, 5.74) is -0.759. The standard InChI is InChI=1S/C49H98N4O2/c1-7-12-17-22-27-28-29-30-35-40-49(6)47(54)52(45-50(41-36-31-23-18-13-8-2)42-37-32-24-19-14-9-3)48(55)53(49)46-51(43-38-33-25-20-15-10-4)44-39-34-26-21-16-11-5/h7-46H2,1-6H3. The van der Waals surface area contributed by atoms with Crippen molar-refractivity contribution in [2.24, 2.45) is 0 Å². The fraction of sp³-hybridized carbons (Fsp3) is 0.959. The van der Waals surface area contributed by atoms with Crippen molar-refractivity contribution in [2.45, 2.75) is 265 Å². The molecule has 0 N–H and O–H groups in total. The lowest BCUT2D eigenvalue weighted by atomic mass is 9.92. The molecule has 6 heteroatoms. The summed E-state index contributed by atoms with van der Waals surface area (Å²) in [6.07, 6.45) is 42.7. The van der Waals surface area contributed by atoms with Crippen LogP contribution in [0.1, 0.15) is 260 Å². The number of unbranched alkanes of at least 4 members (excludes halogenated alkanes) is 28. The van der Waals surface area contributed by atoms with Crippen molar-refractivity contribution in [2.75, 3.05) is 39.5 Å². The molecule has 0 radical (unpaired) electrons. The van der Waals surface area contributed by atoms with Gasteiger partial charge in [0.15, 0.2) is 0 Å². The molecular weight excluding hydrogens is 677 g/mol. The lowest BCUT2D eigenvalue weighted by molar-refractivity contribution is -0.134. The first-order valence-electron chi connectivity index (χ1n) is 25.0. The Kier molecular flexibility index (Phi) is 33.9. The van der Waals surface area contributed by atoms with Gasteiger partial charge in [-0.05, 0) is 65.2 Å². The van der Waals surface area contributed by atoms with Crippen LogP contribution in [-0.4, -0.2) is 76.6 Å². The molecule has 3 amide bonds. The van der Waals surface area contributed by atoms with E-state index in [9.17, 15) is 9.59 Å². The molecule has 1 unspecified atom stereocenters. The number of amides is 3. The van der Waals surface area contributed by atoms with Gasteiger partial charge in [0.2, 0.25) is 0 Å². The highest BCUT2D eigenvalue weighted by molar-refractivity contribution is 6.06. The molecule has 0 aromatic carbocycles. The minimum atomic E-state index is -0.759. The number of nitrogens with zero attached hydrogens (tertiary/aromatic N) is 4. The average Bonchev–Trinajstić information content (AvgIpc) is 3.35. The zero-order valence-corrected chi connectivity index (χ0v) is 38.4. The van der Waals surface area contributed by atoms with E-state index in [0.717, 1.165) is 58.3 Å². The number of carbonyl (C=O) groups excluding carboxylic acids is 2. The van der Waals surface area contributed by atoms with Crippen LogP contribution in [0.25, 0.3) is 0 Å². The number of imide groups is 1. The maximum atomic E-state index is 14.7. The molecule has 1 saturated heterocycles. The van der Waals surface area contributed by atoms with E-state index in [1.54, 1.807) is 4.90 Å².